The molecule has 4 rings (SSSR count). The highest BCUT2D eigenvalue weighted by molar-refractivity contribution is 9.10. The van der Waals surface area contributed by atoms with Gasteiger partial charge in [-0.1, -0.05) is 15.9 Å². The first-order chi connectivity index (χ1) is 10.2. The Morgan fingerprint density at radius 1 is 1.29 bits per heavy atom. The Morgan fingerprint density at radius 3 is 2.71 bits per heavy atom. The van der Waals surface area contributed by atoms with E-state index in [1.54, 1.807) is 7.11 Å². The van der Waals surface area contributed by atoms with Crippen LogP contribution in [0.2, 0.25) is 0 Å². The Hall–Kier alpha value is -0.540. The van der Waals surface area contributed by atoms with Crippen molar-refractivity contribution in [2.24, 2.45) is 17.3 Å². The van der Waals surface area contributed by atoms with Gasteiger partial charge in [0.05, 0.1) is 7.11 Å². The minimum atomic E-state index is 0.477. The summed E-state index contributed by atoms with van der Waals surface area (Å²) in [6, 6.07) is 7.20. The molecule has 3 saturated carbocycles. The van der Waals surface area contributed by atoms with Gasteiger partial charge in [-0.05, 0) is 79.5 Å². The van der Waals surface area contributed by atoms with Crippen LogP contribution in [0, 0.1) is 17.3 Å². The van der Waals surface area contributed by atoms with Crippen LogP contribution < -0.4 is 10.1 Å². The molecule has 1 aromatic carbocycles. The highest BCUT2D eigenvalue weighted by atomic mass is 79.9. The molecule has 21 heavy (non-hydrogen) atoms. The van der Waals surface area contributed by atoms with Crippen molar-refractivity contribution in [3.63, 3.8) is 0 Å². The molecule has 0 spiro atoms. The van der Waals surface area contributed by atoms with E-state index in [2.05, 4.69) is 33.4 Å². The lowest BCUT2D eigenvalue weighted by molar-refractivity contribution is 0.247. The van der Waals surface area contributed by atoms with Crippen molar-refractivity contribution in [2.75, 3.05) is 13.7 Å². The number of methoxy groups -OCH3 is 1. The molecule has 1 N–H and O–H groups in total. The maximum Gasteiger partial charge on any atom is 0.119 e. The molecule has 2 nitrogen and oxygen atoms in total. The molecule has 3 aliphatic rings. The summed E-state index contributed by atoms with van der Waals surface area (Å²) in [5.74, 6) is 3.02. The van der Waals surface area contributed by atoms with E-state index in [0.717, 1.165) is 23.6 Å². The van der Waals surface area contributed by atoms with Crippen molar-refractivity contribution < 1.29 is 4.74 Å². The van der Waals surface area contributed by atoms with Gasteiger partial charge >= 0.3 is 0 Å². The molecular weight excluding hydrogens is 326 g/mol. The number of rotatable bonds is 6. The van der Waals surface area contributed by atoms with Gasteiger partial charge in [0.15, 0.2) is 0 Å². The highest BCUT2D eigenvalue weighted by Gasteiger charge is 2.53. The molecule has 2 atom stereocenters. The third-order valence-electron chi connectivity index (χ3n) is 5.62. The zero-order valence-corrected chi connectivity index (χ0v) is 14.3. The van der Waals surface area contributed by atoms with Gasteiger partial charge in [-0.2, -0.15) is 0 Å². The molecule has 0 aromatic heterocycles. The minimum absolute atomic E-state index is 0.477. The van der Waals surface area contributed by atoms with Gasteiger partial charge in [-0.25, -0.2) is 0 Å². The SMILES string of the molecule is COc1ccc(Br)c(CC2(CNC3CC3)CC3CC3C2)c1. The Kier molecular flexibility index (Phi) is 3.54. The fraction of sp³-hybridized carbons (Fsp3) is 0.667. The predicted molar refractivity (Wildman–Crippen MR) is 88.7 cm³/mol. The van der Waals surface area contributed by atoms with Crippen LogP contribution >= 0.6 is 15.9 Å². The van der Waals surface area contributed by atoms with Gasteiger partial charge in [-0.3, -0.25) is 0 Å². The lowest BCUT2D eigenvalue weighted by atomic mass is 9.77. The molecule has 0 amide bonds. The van der Waals surface area contributed by atoms with Crippen molar-refractivity contribution in [1.82, 2.24) is 5.32 Å². The standard InChI is InChI=1S/C18H24BrNO/c1-21-16-4-5-17(19)14(7-16)10-18(11-20-15-2-3-15)8-12-6-13(12)9-18/h4-5,7,12-13,15,20H,2-3,6,8-11H2,1H3. The quantitative estimate of drug-likeness (QED) is 0.832. The van der Waals surface area contributed by atoms with E-state index in [-0.39, 0.29) is 0 Å². The van der Waals surface area contributed by atoms with Crippen LogP contribution in [0.25, 0.3) is 0 Å². The summed E-state index contributed by atoms with van der Waals surface area (Å²) in [7, 11) is 1.75. The van der Waals surface area contributed by atoms with E-state index in [0.29, 0.717) is 5.41 Å². The molecule has 0 heterocycles. The van der Waals surface area contributed by atoms with Gasteiger partial charge in [0.1, 0.15) is 5.75 Å². The Morgan fingerprint density at radius 2 is 2.05 bits per heavy atom. The number of nitrogens with one attached hydrogen (secondary N) is 1. The third-order valence-corrected chi connectivity index (χ3v) is 6.39. The molecule has 0 saturated heterocycles. The molecular formula is C18H24BrNO. The van der Waals surface area contributed by atoms with Crippen LogP contribution in [-0.2, 0) is 6.42 Å². The van der Waals surface area contributed by atoms with Crippen LogP contribution in [-0.4, -0.2) is 19.7 Å². The molecule has 3 heteroatoms. The number of ether oxygens (including phenoxy) is 1. The van der Waals surface area contributed by atoms with E-state index in [4.69, 9.17) is 4.74 Å². The second-order valence-electron chi connectivity index (χ2n) is 7.45. The first kappa shape index (κ1) is 14.1. The number of benzene rings is 1. The molecule has 1 aromatic rings. The molecule has 0 bridgehead atoms. The zero-order valence-electron chi connectivity index (χ0n) is 12.7. The predicted octanol–water partition coefficient (Wildman–Crippen LogP) is 4.17. The summed E-state index contributed by atoms with van der Waals surface area (Å²) in [6.45, 7) is 1.20. The maximum atomic E-state index is 5.41. The summed E-state index contributed by atoms with van der Waals surface area (Å²) in [5.41, 5.74) is 1.89. The van der Waals surface area contributed by atoms with Gasteiger partial charge in [-0.15, -0.1) is 0 Å². The summed E-state index contributed by atoms with van der Waals surface area (Å²) < 4.78 is 6.64. The number of halogens is 1. The van der Waals surface area contributed by atoms with Gasteiger partial charge in [0, 0.05) is 17.1 Å². The van der Waals surface area contributed by atoms with Gasteiger partial charge in [0.2, 0.25) is 0 Å². The maximum absolute atomic E-state index is 5.41. The van der Waals surface area contributed by atoms with Crippen LogP contribution in [0.15, 0.2) is 22.7 Å². The normalized spacial score (nSPS) is 33.8. The van der Waals surface area contributed by atoms with Crippen LogP contribution in [0.5, 0.6) is 5.75 Å². The van der Waals surface area contributed by atoms with E-state index >= 15 is 0 Å². The third kappa shape index (κ3) is 3.00. The van der Waals surface area contributed by atoms with Crippen molar-refractivity contribution >= 4 is 15.9 Å². The van der Waals surface area contributed by atoms with Crippen molar-refractivity contribution in [3.05, 3.63) is 28.2 Å². The van der Waals surface area contributed by atoms with E-state index in [1.165, 1.54) is 55.1 Å². The minimum Gasteiger partial charge on any atom is -0.497 e. The Balaban J connectivity index is 1.53. The molecule has 3 aliphatic carbocycles. The molecule has 114 valence electrons. The number of hydrogen-bond acceptors (Lipinski definition) is 2. The molecule has 3 fully saturated rings. The number of fused-ring (bicyclic) bond motifs is 1. The lowest BCUT2D eigenvalue weighted by Crippen LogP contribution is -2.36. The molecule has 0 radical (unpaired) electrons. The average Bonchev–Trinajstić information content (AvgIpc) is 3.40. The summed E-state index contributed by atoms with van der Waals surface area (Å²) in [4.78, 5) is 0. The van der Waals surface area contributed by atoms with Crippen LogP contribution in [0.3, 0.4) is 0 Å². The molecule has 2 unspecified atom stereocenters. The zero-order chi connectivity index (χ0) is 14.4. The van der Waals surface area contributed by atoms with E-state index < -0.39 is 0 Å². The monoisotopic (exact) mass is 349 g/mol. The van der Waals surface area contributed by atoms with E-state index in [1.807, 2.05) is 6.07 Å². The van der Waals surface area contributed by atoms with Gasteiger partial charge < -0.3 is 10.1 Å². The van der Waals surface area contributed by atoms with E-state index in [9.17, 15) is 0 Å². The fourth-order valence-electron chi connectivity index (χ4n) is 4.22. The highest BCUT2D eigenvalue weighted by Crippen LogP contribution is 2.61. The second-order valence-corrected chi connectivity index (χ2v) is 8.31. The Bertz CT molecular complexity index is 530. The fourth-order valence-corrected chi connectivity index (χ4v) is 4.61. The van der Waals surface area contributed by atoms with Crippen LogP contribution in [0.4, 0.5) is 0 Å². The van der Waals surface area contributed by atoms with Crippen LogP contribution in [0.1, 0.15) is 37.7 Å². The summed E-state index contributed by atoms with van der Waals surface area (Å²) in [6.07, 6.45) is 8.27. The second kappa shape index (κ2) is 5.27. The number of hydrogen-bond donors (Lipinski definition) is 1. The smallest absolute Gasteiger partial charge is 0.119 e. The first-order valence-electron chi connectivity index (χ1n) is 8.23. The topological polar surface area (TPSA) is 21.3 Å². The molecule has 0 aliphatic heterocycles. The largest absolute Gasteiger partial charge is 0.497 e. The first-order valence-corrected chi connectivity index (χ1v) is 9.03. The van der Waals surface area contributed by atoms with Crippen molar-refractivity contribution in [3.8, 4) is 5.75 Å². The Labute approximate surface area is 135 Å². The van der Waals surface area contributed by atoms with Gasteiger partial charge in [0.25, 0.3) is 0 Å². The summed E-state index contributed by atoms with van der Waals surface area (Å²) >= 11 is 3.73. The average molecular weight is 350 g/mol. The lowest BCUT2D eigenvalue weighted by Gasteiger charge is -2.32. The summed E-state index contributed by atoms with van der Waals surface area (Å²) in [5, 5.41) is 3.80. The van der Waals surface area contributed by atoms with Crippen molar-refractivity contribution in [1.29, 1.82) is 0 Å². The van der Waals surface area contributed by atoms with Crippen molar-refractivity contribution in [2.45, 2.75) is 44.6 Å².